The minimum Gasteiger partial charge on any atom is -0.409 e. The summed E-state index contributed by atoms with van der Waals surface area (Å²) in [5, 5.41) is 12.0. The highest BCUT2D eigenvalue weighted by Gasteiger charge is 2.16. The van der Waals surface area contributed by atoms with Crippen molar-refractivity contribution in [2.75, 3.05) is 25.2 Å². The molecule has 1 atom stereocenters. The van der Waals surface area contributed by atoms with Gasteiger partial charge in [0, 0.05) is 19.5 Å². The topological polar surface area (TPSA) is 67.8 Å². The number of nitrogens with zero attached hydrogens (tertiary/aromatic N) is 1. The summed E-state index contributed by atoms with van der Waals surface area (Å²) < 4.78 is 5.00. The fourth-order valence-electron chi connectivity index (χ4n) is 1.61. The first-order valence-electron chi connectivity index (χ1n) is 5.88. The molecule has 0 aliphatic rings. The van der Waals surface area contributed by atoms with Crippen molar-refractivity contribution in [3.8, 4) is 0 Å². The second-order valence-electron chi connectivity index (χ2n) is 3.91. The van der Waals surface area contributed by atoms with Crippen LogP contribution in [0.15, 0.2) is 35.5 Å². The number of amidine groups is 1. The molecule has 0 aliphatic carbocycles. The van der Waals surface area contributed by atoms with E-state index in [9.17, 15) is 0 Å². The summed E-state index contributed by atoms with van der Waals surface area (Å²) in [5.74, 6) is 2.05. The van der Waals surface area contributed by atoms with E-state index in [0.29, 0.717) is 0 Å². The Bertz CT molecular complexity index is 357. The average Bonchev–Trinajstić information content (AvgIpc) is 2.43. The molecule has 18 heavy (non-hydrogen) atoms. The monoisotopic (exact) mass is 268 g/mol. The molecular weight excluding hydrogens is 248 g/mol. The van der Waals surface area contributed by atoms with Gasteiger partial charge in [-0.3, -0.25) is 0 Å². The quantitative estimate of drug-likeness (QED) is 0.249. The van der Waals surface area contributed by atoms with Gasteiger partial charge in [-0.2, -0.15) is 11.8 Å². The number of hydrogen-bond donors (Lipinski definition) is 2. The first kappa shape index (κ1) is 14.9. The predicted octanol–water partition coefficient (Wildman–Crippen LogP) is 2.29. The van der Waals surface area contributed by atoms with Gasteiger partial charge in [0.2, 0.25) is 0 Å². The molecule has 1 aromatic carbocycles. The summed E-state index contributed by atoms with van der Waals surface area (Å²) in [4.78, 5) is 0. The highest BCUT2D eigenvalue weighted by Crippen LogP contribution is 2.21. The first-order valence-corrected chi connectivity index (χ1v) is 7.04. The zero-order valence-electron chi connectivity index (χ0n) is 10.6. The molecule has 0 radical (unpaired) electrons. The lowest BCUT2D eigenvalue weighted by molar-refractivity contribution is 0.200. The molecule has 1 rings (SSSR count). The van der Waals surface area contributed by atoms with Crippen molar-refractivity contribution in [3.63, 3.8) is 0 Å². The molecule has 1 aromatic rings. The SMILES string of the molecule is COCCCSCC(C(N)=NO)c1ccccc1. The molecule has 0 saturated heterocycles. The van der Waals surface area contributed by atoms with Crippen LogP contribution in [-0.4, -0.2) is 36.3 Å². The van der Waals surface area contributed by atoms with Gasteiger partial charge in [0.05, 0.1) is 5.92 Å². The molecule has 1 unspecified atom stereocenters. The number of thioether (sulfide) groups is 1. The third kappa shape index (κ3) is 4.98. The number of hydrogen-bond acceptors (Lipinski definition) is 4. The predicted molar refractivity (Wildman–Crippen MR) is 76.4 cm³/mol. The molecule has 4 nitrogen and oxygen atoms in total. The standard InChI is InChI=1S/C13H20N2O2S/c1-17-8-5-9-18-10-12(13(14)15-16)11-6-3-2-4-7-11/h2-4,6-7,12,16H,5,8-10H2,1H3,(H2,14,15). The van der Waals surface area contributed by atoms with Gasteiger partial charge in [0.1, 0.15) is 5.84 Å². The Balaban J connectivity index is 2.53. The Hall–Kier alpha value is -1.20. The van der Waals surface area contributed by atoms with E-state index in [4.69, 9.17) is 15.7 Å². The molecule has 0 aromatic heterocycles. The van der Waals surface area contributed by atoms with Gasteiger partial charge in [-0.1, -0.05) is 35.5 Å². The van der Waals surface area contributed by atoms with Gasteiger partial charge in [0.15, 0.2) is 0 Å². The van der Waals surface area contributed by atoms with Crippen LogP contribution in [0.4, 0.5) is 0 Å². The maximum atomic E-state index is 8.84. The second-order valence-corrected chi connectivity index (χ2v) is 5.06. The van der Waals surface area contributed by atoms with Crippen LogP contribution in [0.25, 0.3) is 0 Å². The number of benzene rings is 1. The van der Waals surface area contributed by atoms with Crippen LogP contribution in [0.3, 0.4) is 0 Å². The van der Waals surface area contributed by atoms with Crippen LogP contribution in [0.1, 0.15) is 17.9 Å². The van der Waals surface area contributed by atoms with E-state index in [2.05, 4.69) is 5.16 Å². The van der Waals surface area contributed by atoms with Crippen LogP contribution in [0, 0.1) is 0 Å². The molecule has 0 amide bonds. The lowest BCUT2D eigenvalue weighted by Crippen LogP contribution is -2.24. The molecule has 0 fully saturated rings. The molecule has 100 valence electrons. The number of ether oxygens (including phenoxy) is 1. The van der Waals surface area contributed by atoms with Crippen molar-refractivity contribution in [2.45, 2.75) is 12.3 Å². The summed E-state index contributed by atoms with van der Waals surface area (Å²) in [6, 6.07) is 9.88. The smallest absolute Gasteiger partial charge is 0.147 e. The molecule has 5 heteroatoms. The maximum absolute atomic E-state index is 8.84. The summed E-state index contributed by atoms with van der Waals surface area (Å²) in [6.45, 7) is 0.770. The average molecular weight is 268 g/mol. The van der Waals surface area contributed by atoms with Crippen molar-refractivity contribution in [3.05, 3.63) is 35.9 Å². The second kappa shape index (κ2) is 8.83. The normalized spacial score (nSPS) is 13.5. The van der Waals surface area contributed by atoms with Gasteiger partial charge in [0.25, 0.3) is 0 Å². The van der Waals surface area contributed by atoms with Gasteiger partial charge >= 0.3 is 0 Å². The van der Waals surface area contributed by atoms with E-state index in [-0.39, 0.29) is 11.8 Å². The summed E-state index contributed by atoms with van der Waals surface area (Å²) >= 11 is 1.79. The molecule has 0 spiro atoms. The van der Waals surface area contributed by atoms with Crippen molar-refractivity contribution in [1.82, 2.24) is 0 Å². The van der Waals surface area contributed by atoms with Crippen molar-refractivity contribution < 1.29 is 9.94 Å². The third-order valence-corrected chi connectivity index (χ3v) is 3.74. The number of methoxy groups -OCH3 is 1. The lowest BCUT2D eigenvalue weighted by atomic mass is 10.0. The van der Waals surface area contributed by atoms with Gasteiger partial charge in [-0.05, 0) is 17.7 Å². The van der Waals surface area contributed by atoms with Gasteiger partial charge in [-0.15, -0.1) is 0 Å². The van der Waals surface area contributed by atoms with Crippen LogP contribution in [0.2, 0.25) is 0 Å². The Morgan fingerprint density at radius 2 is 2.17 bits per heavy atom. The largest absolute Gasteiger partial charge is 0.409 e. The van der Waals surface area contributed by atoms with E-state index in [1.807, 2.05) is 30.3 Å². The third-order valence-electron chi connectivity index (χ3n) is 2.60. The molecule has 3 N–H and O–H groups in total. The molecular formula is C13H20N2O2S. The molecule has 0 aliphatic heterocycles. The molecule has 0 saturated carbocycles. The van der Waals surface area contributed by atoms with E-state index in [1.54, 1.807) is 18.9 Å². The Labute approximate surface area is 112 Å². The minimum absolute atomic E-state index is 0.0382. The highest BCUT2D eigenvalue weighted by molar-refractivity contribution is 7.99. The zero-order chi connectivity index (χ0) is 13.2. The van der Waals surface area contributed by atoms with E-state index in [0.717, 1.165) is 30.1 Å². The maximum Gasteiger partial charge on any atom is 0.147 e. The summed E-state index contributed by atoms with van der Waals surface area (Å²) in [6.07, 6.45) is 1.01. The molecule has 0 bridgehead atoms. The van der Waals surface area contributed by atoms with E-state index in [1.165, 1.54) is 0 Å². The highest BCUT2D eigenvalue weighted by atomic mass is 32.2. The fraction of sp³-hybridized carbons (Fsp3) is 0.462. The number of nitrogens with two attached hydrogens (primary N) is 1. The van der Waals surface area contributed by atoms with Crippen LogP contribution in [0.5, 0.6) is 0 Å². The van der Waals surface area contributed by atoms with Crippen molar-refractivity contribution in [1.29, 1.82) is 0 Å². The number of rotatable bonds is 8. The van der Waals surface area contributed by atoms with Crippen molar-refractivity contribution in [2.24, 2.45) is 10.9 Å². The van der Waals surface area contributed by atoms with E-state index < -0.39 is 0 Å². The zero-order valence-corrected chi connectivity index (χ0v) is 11.4. The van der Waals surface area contributed by atoms with E-state index >= 15 is 0 Å². The summed E-state index contributed by atoms with van der Waals surface area (Å²) in [5.41, 5.74) is 6.83. The van der Waals surface area contributed by atoms with Crippen LogP contribution >= 0.6 is 11.8 Å². The Morgan fingerprint density at radius 3 is 2.78 bits per heavy atom. The van der Waals surface area contributed by atoms with Crippen molar-refractivity contribution >= 4 is 17.6 Å². The Kier molecular flexibility index (Phi) is 7.29. The first-order chi connectivity index (χ1) is 8.79. The lowest BCUT2D eigenvalue weighted by Gasteiger charge is -2.15. The van der Waals surface area contributed by atoms with Gasteiger partial charge < -0.3 is 15.7 Å². The van der Waals surface area contributed by atoms with Crippen LogP contribution in [-0.2, 0) is 4.74 Å². The minimum atomic E-state index is -0.0382. The number of oxime groups is 1. The fourth-order valence-corrected chi connectivity index (χ4v) is 2.70. The Morgan fingerprint density at radius 1 is 1.44 bits per heavy atom. The van der Waals surface area contributed by atoms with Crippen LogP contribution < -0.4 is 5.73 Å². The van der Waals surface area contributed by atoms with Gasteiger partial charge in [-0.25, -0.2) is 0 Å². The summed E-state index contributed by atoms with van der Waals surface area (Å²) in [7, 11) is 1.70. The molecule has 0 heterocycles.